The van der Waals surface area contributed by atoms with Gasteiger partial charge in [0.25, 0.3) is 0 Å². The van der Waals surface area contributed by atoms with Gasteiger partial charge in [0.15, 0.2) is 0 Å². The smallest absolute Gasteiger partial charge is 0.0702 e. The summed E-state index contributed by atoms with van der Waals surface area (Å²) in [7, 11) is 0. The molecule has 0 aromatic heterocycles. The van der Waals surface area contributed by atoms with Gasteiger partial charge in [0, 0.05) is 22.5 Å². The molecule has 0 fully saturated rings. The molecule has 1 aromatic rings. The molecule has 0 heterocycles. The van der Waals surface area contributed by atoms with E-state index >= 15 is 0 Å². The minimum atomic E-state index is -0.0764. The average Bonchev–Trinajstić information content (AvgIpc) is 2.21. The first-order chi connectivity index (χ1) is 6.66. The molecule has 78 valence electrons. The van der Waals surface area contributed by atoms with Crippen molar-refractivity contribution in [1.82, 2.24) is 0 Å². The van der Waals surface area contributed by atoms with Crippen LogP contribution in [-0.4, -0.2) is 10.8 Å². The van der Waals surface area contributed by atoms with Crippen LogP contribution in [0.25, 0.3) is 0 Å². The van der Waals surface area contributed by atoms with Crippen LogP contribution < -0.4 is 5.73 Å². The van der Waals surface area contributed by atoms with Crippen LogP contribution in [0, 0.1) is 5.41 Å². The van der Waals surface area contributed by atoms with Gasteiger partial charge in [0.05, 0.1) is 6.61 Å². The van der Waals surface area contributed by atoms with Gasteiger partial charge < -0.3 is 16.2 Å². The third-order valence-corrected chi connectivity index (χ3v) is 1.77. The van der Waals surface area contributed by atoms with E-state index in [9.17, 15) is 0 Å². The molecule has 0 bridgehead atoms. The van der Waals surface area contributed by atoms with E-state index in [1.54, 1.807) is 25.1 Å². The lowest BCUT2D eigenvalue weighted by Gasteiger charge is -2.07. The maximum atomic E-state index is 8.87. The predicted molar refractivity (Wildman–Crippen MR) is 60.6 cm³/mol. The second-order valence-corrected chi connectivity index (χ2v) is 2.66. The lowest BCUT2D eigenvalue weighted by Crippen LogP contribution is -2.03. The van der Waals surface area contributed by atoms with E-state index < -0.39 is 0 Å². The molecular weight excluding hydrogens is 176 g/mol. The number of hydrogen-bond donors (Lipinski definition) is 3. The largest absolute Gasteiger partial charge is 0.398 e. The minimum absolute atomic E-state index is 0.0764. The van der Waals surface area contributed by atoms with Gasteiger partial charge >= 0.3 is 0 Å². The van der Waals surface area contributed by atoms with Gasteiger partial charge in [-0.2, -0.15) is 0 Å². The standard InChI is InChI=1S/C9H12N2O.C2H6/c1-6(10)8-4-2-3-7(5-12)9(8)11;1-2/h2-4,10,12H,5,11H2,1H3;1-2H3. The number of nitrogens with two attached hydrogens (primary N) is 1. The van der Waals surface area contributed by atoms with E-state index in [-0.39, 0.29) is 6.61 Å². The molecule has 3 heteroatoms. The molecule has 0 saturated heterocycles. The Balaban J connectivity index is 0.000000791. The molecular formula is C11H18N2O. The van der Waals surface area contributed by atoms with E-state index in [1.165, 1.54) is 0 Å². The van der Waals surface area contributed by atoms with Crippen molar-refractivity contribution in [3.05, 3.63) is 29.3 Å². The van der Waals surface area contributed by atoms with Gasteiger partial charge in [-0.3, -0.25) is 0 Å². The Bertz CT molecular complexity index is 308. The zero-order valence-corrected chi connectivity index (χ0v) is 8.96. The summed E-state index contributed by atoms with van der Waals surface area (Å²) >= 11 is 0. The molecule has 0 unspecified atom stereocenters. The summed E-state index contributed by atoms with van der Waals surface area (Å²) in [5.41, 5.74) is 8.00. The predicted octanol–water partition coefficient (Wildman–Crippen LogP) is 2.18. The summed E-state index contributed by atoms with van der Waals surface area (Å²) in [6, 6.07) is 5.31. The lowest BCUT2D eigenvalue weighted by atomic mass is 10.0. The van der Waals surface area contributed by atoms with E-state index in [1.807, 2.05) is 13.8 Å². The van der Waals surface area contributed by atoms with Crippen molar-refractivity contribution in [3.63, 3.8) is 0 Å². The fourth-order valence-electron chi connectivity index (χ4n) is 1.08. The van der Waals surface area contributed by atoms with Crippen molar-refractivity contribution in [3.8, 4) is 0 Å². The van der Waals surface area contributed by atoms with Crippen LogP contribution in [0.5, 0.6) is 0 Å². The fourth-order valence-corrected chi connectivity index (χ4v) is 1.08. The van der Waals surface area contributed by atoms with E-state index in [2.05, 4.69) is 0 Å². The van der Waals surface area contributed by atoms with Gasteiger partial charge in [-0.15, -0.1) is 0 Å². The Morgan fingerprint density at radius 1 is 1.43 bits per heavy atom. The van der Waals surface area contributed by atoms with Crippen LogP contribution in [-0.2, 0) is 6.61 Å². The monoisotopic (exact) mass is 194 g/mol. The minimum Gasteiger partial charge on any atom is -0.398 e. The molecule has 0 aliphatic heterocycles. The highest BCUT2D eigenvalue weighted by atomic mass is 16.3. The second-order valence-electron chi connectivity index (χ2n) is 2.66. The van der Waals surface area contributed by atoms with Crippen LogP contribution >= 0.6 is 0 Å². The summed E-state index contributed by atoms with van der Waals surface area (Å²) < 4.78 is 0. The Kier molecular flexibility index (Phi) is 5.56. The molecule has 0 saturated carbocycles. The zero-order valence-electron chi connectivity index (χ0n) is 8.96. The molecule has 3 nitrogen and oxygen atoms in total. The Morgan fingerprint density at radius 3 is 2.43 bits per heavy atom. The van der Waals surface area contributed by atoms with Gasteiger partial charge in [0.1, 0.15) is 0 Å². The van der Waals surface area contributed by atoms with Crippen LogP contribution in [0.15, 0.2) is 18.2 Å². The zero-order chi connectivity index (χ0) is 11.1. The van der Waals surface area contributed by atoms with Gasteiger partial charge in [-0.05, 0) is 6.92 Å². The van der Waals surface area contributed by atoms with Crippen molar-refractivity contribution < 1.29 is 5.11 Å². The SMILES string of the molecule is CC.CC(=N)c1cccc(CO)c1N. The number of anilines is 1. The first kappa shape index (κ1) is 12.7. The Hall–Kier alpha value is -1.35. The van der Waals surface area contributed by atoms with Crippen molar-refractivity contribution in [2.75, 3.05) is 5.73 Å². The number of rotatable bonds is 2. The normalized spacial score (nSPS) is 8.86. The highest BCUT2D eigenvalue weighted by Gasteiger charge is 2.04. The maximum absolute atomic E-state index is 8.87. The highest BCUT2D eigenvalue weighted by molar-refractivity contribution is 6.01. The molecule has 0 radical (unpaired) electrons. The van der Waals surface area contributed by atoms with Crippen molar-refractivity contribution in [2.45, 2.75) is 27.4 Å². The van der Waals surface area contributed by atoms with Crippen LogP contribution in [0.3, 0.4) is 0 Å². The Labute approximate surface area is 85.1 Å². The molecule has 0 atom stereocenters. The molecule has 0 aliphatic rings. The molecule has 0 spiro atoms. The third-order valence-electron chi connectivity index (χ3n) is 1.77. The van der Waals surface area contributed by atoms with Crippen LogP contribution in [0.4, 0.5) is 5.69 Å². The summed E-state index contributed by atoms with van der Waals surface area (Å²) in [6.45, 7) is 5.60. The van der Waals surface area contributed by atoms with Crippen molar-refractivity contribution >= 4 is 11.4 Å². The molecule has 0 amide bonds. The fraction of sp³-hybridized carbons (Fsp3) is 0.364. The number of nitrogen functional groups attached to an aromatic ring is 1. The van der Waals surface area contributed by atoms with Crippen LogP contribution in [0.2, 0.25) is 0 Å². The average molecular weight is 194 g/mol. The van der Waals surface area contributed by atoms with E-state index in [0.29, 0.717) is 22.5 Å². The molecule has 1 aromatic carbocycles. The third kappa shape index (κ3) is 2.85. The topological polar surface area (TPSA) is 70.1 Å². The van der Waals surface area contributed by atoms with Crippen molar-refractivity contribution in [2.24, 2.45) is 0 Å². The number of nitrogens with one attached hydrogen (secondary N) is 1. The molecule has 0 aliphatic carbocycles. The second kappa shape index (κ2) is 6.16. The summed E-state index contributed by atoms with van der Waals surface area (Å²) in [5.74, 6) is 0. The van der Waals surface area contributed by atoms with E-state index in [0.717, 1.165) is 0 Å². The van der Waals surface area contributed by atoms with Crippen LogP contribution in [0.1, 0.15) is 31.9 Å². The Morgan fingerprint density at radius 2 is 2.00 bits per heavy atom. The molecule has 1 rings (SSSR count). The van der Waals surface area contributed by atoms with E-state index in [4.69, 9.17) is 16.2 Å². The summed E-state index contributed by atoms with van der Waals surface area (Å²) in [6.07, 6.45) is 0. The van der Waals surface area contributed by atoms with Gasteiger partial charge in [-0.1, -0.05) is 32.0 Å². The summed E-state index contributed by atoms with van der Waals surface area (Å²) in [4.78, 5) is 0. The number of aliphatic hydroxyl groups is 1. The number of para-hydroxylation sites is 1. The highest BCUT2D eigenvalue weighted by Crippen LogP contribution is 2.17. The molecule has 4 N–H and O–H groups in total. The van der Waals surface area contributed by atoms with Gasteiger partial charge in [-0.25, -0.2) is 0 Å². The molecule has 14 heavy (non-hydrogen) atoms. The first-order valence-electron chi connectivity index (χ1n) is 4.70. The quantitative estimate of drug-likeness (QED) is 0.499. The number of benzene rings is 1. The first-order valence-corrected chi connectivity index (χ1v) is 4.70. The lowest BCUT2D eigenvalue weighted by molar-refractivity contribution is 0.282. The van der Waals surface area contributed by atoms with Gasteiger partial charge in [0.2, 0.25) is 0 Å². The maximum Gasteiger partial charge on any atom is 0.0702 e. The van der Waals surface area contributed by atoms with Crippen molar-refractivity contribution in [1.29, 1.82) is 5.41 Å². The number of hydrogen-bond acceptors (Lipinski definition) is 3. The number of aliphatic hydroxyl groups excluding tert-OH is 1. The summed E-state index contributed by atoms with van der Waals surface area (Å²) in [5, 5.41) is 16.3.